The van der Waals surface area contributed by atoms with Crippen LogP contribution in [0.5, 0.6) is 5.88 Å². The van der Waals surface area contributed by atoms with Gasteiger partial charge in [-0.05, 0) is 67.7 Å². The molecule has 2 aliphatic carbocycles. The van der Waals surface area contributed by atoms with Crippen molar-refractivity contribution < 1.29 is 13.7 Å². The second-order valence-electron chi connectivity index (χ2n) is 8.84. The van der Waals surface area contributed by atoms with Gasteiger partial charge in [0.2, 0.25) is 5.88 Å². The van der Waals surface area contributed by atoms with Gasteiger partial charge in [-0.3, -0.25) is 0 Å². The second-order valence-corrected chi connectivity index (χ2v) is 10.6. The Labute approximate surface area is 170 Å². The van der Waals surface area contributed by atoms with Gasteiger partial charge in [0.25, 0.3) is 0 Å². The second kappa shape index (κ2) is 6.06. The summed E-state index contributed by atoms with van der Waals surface area (Å²) in [5.41, 5.74) is 5.30. The van der Waals surface area contributed by atoms with Gasteiger partial charge >= 0.3 is 6.03 Å². The number of ether oxygens (including phenoxy) is 1. The first kappa shape index (κ1) is 18.6. The molecule has 0 unspecified atom stereocenters. The number of aromatic nitrogens is 2. The van der Waals surface area contributed by atoms with E-state index in [1.54, 1.807) is 4.68 Å². The quantitative estimate of drug-likeness (QED) is 0.785. The van der Waals surface area contributed by atoms with Crippen molar-refractivity contribution >= 4 is 21.6 Å². The van der Waals surface area contributed by atoms with Crippen molar-refractivity contribution in [3.8, 4) is 5.88 Å². The van der Waals surface area contributed by atoms with Crippen molar-refractivity contribution in [1.29, 1.82) is 0 Å². The van der Waals surface area contributed by atoms with Crippen LogP contribution >= 0.6 is 0 Å². The molecule has 3 N–H and O–H groups in total. The first-order valence-corrected chi connectivity index (χ1v) is 11.5. The van der Waals surface area contributed by atoms with Crippen LogP contribution in [-0.2, 0) is 35.7 Å². The average Bonchev–Trinajstić information content (AvgIpc) is 3.26. The summed E-state index contributed by atoms with van der Waals surface area (Å²) in [6, 6.07) is 1.57. The molecule has 1 aromatic carbocycles. The number of carbonyl (C=O) groups excluding carboxylic acids is 1. The van der Waals surface area contributed by atoms with Crippen LogP contribution in [0.1, 0.15) is 55.4 Å². The molecule has 2 aromatic rings. The summed E-state index contributed by atoms with van der Waals surface area (Å²) in [4.78, 5) is 12.9. The number of benzene rings is 1. The van der Waals surface area contributed by atoms with Gasteiger partial charge in [0.15, 0.2) is 9.92 Å². The molecule has 154 valence electrons. The molecule has 1 aliphatic heterocycles. The molecule has 0 saturated carbocycles. The lowest BCUT2D eigenvalue weighted by Crippen LogP contribution is -2.27. The van der Waals surface area contributed by atoms with Crippen LogP contribution in [0, 0.1) is 0 Å². The van der Waals surface area contributed by atoms with E-state index in [4.69, 9.17) is 9.88 Å². The fourth-order valence-electron chi connectivity index (χ4n) is 4.73. The lowest BCUT2D eigenvalue weighted by atomic mass is 9.75. The number of hydrogen-bond acceptors (Lipinski definition) is 4. The number of anilines is 1. The van der Waals surface area contributed by atoms with E-state index in [9.17, 15) is 9.00 Å². The zero-order chi connectivity index (χ0) is 20.6. The number of carbonyl (C=O) groups is 1. The summed E-state index contributed by atoms with van der Waals surface area (Å²) >= 11 is 0. The van der Waals surface area contributed by atoms with E-state index in [1.807, 2.05) is 13.8 Å². The third-order valence-corrected chi connectivity index (χ3v) is 7.32. The van der Waals surface area contributed by atoms with Crippen molar-refractivity contribution in [3.63, 3.8) is 0 Å². The van der Waals surface area contributed by atoms with Gasteiger partial charge in [0.05, 0.1) is 12.7 Å². The maximum atomic E-state index is 13.1. The van der Waals surface area contributed by atoms with Gasteiger partial charge < -0.3 is 10.1 Å². The monoisotopic (exact) mass is 415 g/mol. The van der Waals surface area contributed by atoms with Crippen molar-refractivity contribution in [2.24, 2.45) is 9.50 Å². The fraction of sp³-hybridized carbons (Fsp3) is 0.500. The van der Waals surface area contributed by atoms with Crippen LogP contribution in [-0.4, -0.2) is 25.6 Å². The molecule has 2 heterocycles. The first-order chi connectivity index (χ1) is 13.6. The number of aryl methyl sites for hydroxylation is 1. The Morgan fingerprint density at radius 3 is 2.97 bits per heavy atom. The van der Waals surface area contributed by atoms with Crippen LogP contribution in [0.25, 0.3) is 0 Å². The van der Waals surface area contributed by atoms with Crippen LogP contribution < -0.4 is 15.2 Å². The van der Waals surface area contributed by atoms with E-state index < -0.39 is 21.5 Å². The number of nitrogens with one attached hydrogen (secondary N) is 1. The lowest BCUT2D eigenvalue weighted by Gasteiger charge is -2.31. The van der Waals surface area contributed by atoms with Crippen molar-refractivity contribution in [2.45, 2.75) is 69.4 Å². The van der Waals surface area contributed by atoms with Crippen LogP contribution in [0.15, 0.2) is 21.5 Å². The van der Waals surface area contributed by atoms with Crippen molar-refractivity contribution in [2.75, 3.05) is 5.32 Å². The van der Waals surface area contributed by atoms with Crippen LogP contribution in [0.4, 0.5) is 10.5 Å². The summed E-state index contributed by atoms with van der Waals surface area (Å²) in [6.45, 7) is 6.48. The molecular weight excluding hydrogens is 390 g/mol. The third-order valence-electron chi connectivity index (χ3n) is 5.97. The highest BCUT2D eigenvalue weighted by Crippen LogP contribution is 2.45. The average molecular weight is 416 g/mol. The molecule has 8 nitrogen and oxygen atoms in total. The molecule has 5 rings (SSSR count). The summed E-state index contributed by atoms with van der Waals surface area (Å²) in [6.07, 6.45) is 5.43. The largest absolute Gasteiger partial charge is 0.469 e. The lowest BCUT2D eigenvalue weighted by molar-refractivity contribution is 0.132. The molecule has 2 amide bonds. The molecular formula is C20H25N5O3S. The molecule has 0 saturated heterocycles. The van der Waals surface area contributed by atoms with Gasteiger partial charge in [-0.2, -0.15) is 5.10 Å². The van der Waals surface area contributed by atoms with Crippen LogP contribution in [0.2, 0.25) is 0 Å². The zero-order valence-corrected chi connectivity index (χ0v) is 17.6. The van der Waals surface area contributed by atoms with E-state index in [1.165, 1.54) is 28.5 Å². The van der Waals surface area contributed by atoms with Gasteiger partial charge in [0, 0.05) is 5.69 Å². The Hall–Kier alpha value is -2.39. The maximum absolute atomic E-state index is 13.1. The molecule has 3 aliphatic rings. The Balaban J connectivity index is 1.48. The zero-order valence-electron chi connectivity index (χ0n) is 16.8. The van der Waals surface area contributed by atoms with Gasteiger partial charge in [-0.25, -0.2) is 18.8 Å². The molecule has 0 spiro atoms. The SMILES string of the molecule is C[C@H]1Cc2cc3c(c(NC(=O)N=[S@](N)(=O)c4cnn5c4OC(C)(C)C5)c21)CCC3. The number of nitrogens with two attached hydrogens (primary N) is 1. The van der Waals surface area contributed by atoms with Gasteiger partial charge in [-0.15, -0.1) is 4.36 Å². The Bertz CT molecular complexity index is 1170. The summed E-state index contributed by atoms with van der Waals surface area (Å²) in [7, 11) is -3.49. The predicted octanol–water partition coefficient (Wildman–Crippen LogP) is 3.14. The topological polar surface area (TPSA) is 112 Å². The number of nitrogens with zero attached hydrogens (tertiary/aromatic N) is 3. The highest BCUT2D eigenvalue weighted by Gasteiger charge is 2.36. The van der Waals surface area contributed by atoms with E-state index in [0.717, 1.165) is 31.4 Å². The third kappa shape index (κ3) is 2.95. The minimum absolute atomic E-state index is 0.151. The minimum Gasteiger partial charge on any atom is -0.469 e. The number of amides is 2. The predicted molar refractivity (Wildman–Crippen MR) is 110 cm³/mol. The minimum atomic E-state index is -3.49. The molecule has 29 heavy (non-hydrogen) atoms. The molecule has 0 bridgehead atoms. The molecule has 0 fully saturated rings. The van der Waals surface area contributed by atoms with Crippen LogP contribution in [0.3, 0.4) is 0 Å². The maximum Gasteiger partial charge on any atom is 0.354 e. The fourth-order valence-corrected chi connectivity index (χ4v) is 5.71. The van der Waals surface area contributed by atoms with Crippen molar-refractivity contribution in [3.05, 3.63) is 34.5 Å². The number of urea groups is 1. The van der Waals surface area contributed by atoms with Gasteiger partial charge in [0.1, 0.15) is 10.5 Å². The smallest absolute Gasteiger partial charge is 0.354 e. The summed E-state index contributed by atoms with van der Waals surface area (Å²) < 4.78 is 24.4. The van der Waals surface area contributed by atoms with E-state index >= 15 is 0 Å². The van der Waals surface area contributed by atoms with Gasteiger partial charge in [-0.1, -0.05) is 13.0 Å². The van der Waals surface area contributed by atoms with E-state index in [-0.39, 0.29) is 4.90 Å². The standard InChI is InChI=1S/C20H25N5O3S/c1-11-7-13-8-12-5-4-6-14(12)17(16(11)13)23-19(26)24-29(21,27)15-9-22-25-10-20(2,3)28-18(15)25/h8-9,11H,4-7,10H2,1-3H3,(H3,21,23,24,26,27)/t11-,29-/m0/s1. The highest BCUT2D eigenvalue weighted by molar-refractivity contribution is 7.91. The molecule has 0 radical (unpaired) electrons. The summed E-state index contributed by atoms with van der Waals surface area (Å²) in [5, 5.41) is 13.1. The Kier molecular flexibility index (Phi) is 3.89. The first-order valence-electron chi connectivity index (χ1n) is 9.93. The Morgan fingerprint density at radius 2 is 2.21 bits per heavy atom. The van der Waals surface area contributed by atoms with Crippen molar-refractivity contribution in [1.82, 2.24) is 9.78 Å². The summed E-state index contributed by atoms with van der Waals surface area (Å²) in [5.74, 6) is 0.709. The Morgan fingerprint density at radius 1 is 1.41 bits per heavy atom. The molecule has 1 aromatic heterocycles. The number of rotatable bonds is 2. The normalized spacial score (nSPS) is 22.6. The number of fused-ring (bicyclic) bond motifs is 3. The number of hydrogen-bond donors (Lipinski definition) is 2. The molecule has 9 heteroatoms. The van der Waals surface area contributed by atoms with E-state index in [0.29, 0.717) is 18.3 Å². The highest BCUT2D eigenvalue weighted by atomic mass is 32.2. The molecule has 2 atom stereocenters. The van der Waals surface area contributed by atoms with E-state index in [2.05, 4.69) is 27.8 Å².